The second kappa shape index (κ2) is 42.5. The number of rotatable bonds is 43. The fourth-order valence-electron chi connectivity index (χ4n) is 8.34. The molecule has 14 heteroatoms. The molecule has 402 valence electrons. The van der Waals surface area contributed by atoms with Gasteiger partial charge < -0.3 is 64.2 Å². The average molecular weight is 983 g/mol. The molecule has 11 atom stereocenters. The number of aliphatic hydroxyl groups excluding tert-OH is 7. The number of unbranched alkanes of at least 4 members (excludes halogenated alkanes) is 21. The highest BCUT2D eigenvalue weighted by Gasteiger charge is 2.47. The molecule has 0 radical (unpaired) electrons. The van der Waals surface area contributed by atoms with E-state index in [1.54, 1.807) is 0 Å². The molecule has 0 aromatic carbocycles. The zero-order chi connectivity index (χ0) is 50.2. The molecule has 0 saturated carbocycles. The number of carbonyl (C=O) groups is 1. The van der Waals surface area contributed by atoms with Crippen LogP contribution in [0.3, 0.4) is 0 Å². The lowest BCUT2D eigenvalue weighted by Crippen LogP contribution is -2.61. The first-order valence-electron chi connectivity index (χ1n) is 27.2. The Morgan fingerprint density at radius 1 is 0.478 bits per heavy atom. The second-order valence-electron chi connectivity index (χ2n) is 19.0. The smallest absolute Gasteiger partial charge is 0.306 e. The molecule has 2 fully saturated rings. The number of esters is 1. The van der Waals surface area contributed by atoms with Crippen molar-refractivity contribution in [1.29, 1.82) is 0 Å². The molecular formula is C55H98O14. The van der Waals surface area contributed by atoms with E-state index in [1.165, 1.54) is 89.9 Å². The molecular weight excluding hydrogens is 885 g/mol. The normalized spacial score (nSPS) is 26.0. The first-order chi connectivity index (χ1) is 33.6. The lowest BCUT2D eigenvalue weighted by atomic mass is 9.98. The predicted octanol–water partition coefficient (Wildman–Crippen LogP) is 8.74. The van der Waals surface area contributed by atoms with Gasteiger partial charge in [0.05, 0.1) is 26.4 Å². The van der Waals surface area contributed by atoms with Crippen LogP contribution in [-0.4, -0.2) is 142 Å². The van der Waals surface area contributed by atoms with Crippen LogP contribution in [0.1, 0.15) is 194 Å². The summed E-state index contributed by atoms with van der Waals surface area (Å²) in [6, 6.07) is 0. The van der Waals surface area contributed by atoms with Crippen LogP contribution in [0.4, 0.5) is 0 Å². The average Bonchev–Trinajstić information content (AvgIpc) is 3.35. The molecule has 2 saturated heterocycles. The number of ether oxygens (including phenoxy) is 6. The molecule has 0 aromatic rings. The van der Waals surface area contributed by atoms with Crippen molar-refractivity contribution in [1.82, 2.24) is 0 Å². The van der Waals surface area contributed by atoms with E-state index in [0.29, 0.717) is 13.0 Å². The summed E-state index contributed by atoms with van der Waals surface area (Å²) in [5, 5.41) is 72.2. The highest BCUT2D eigenvalue weighted by atomic mass is 16.7. The first kappa shape index (κ1) is 63.1. The van der Waals surface area contributed by atoms with Gasteiger partial charge in [-0.05, 0) is 77.0 Å². The molecule has 2 rings (SSSR count). The Balaban J connectivity index is 1.75. The van der Waals surface area contributed by atoms with Crippen molar-refractivity contribution in [3.8, 4) is 0 Å². The fraction of sp³-hybridized carbons (Fsp3) is 0.836. The van der Waals surface area contributed by atoms with Gasteiger partial charge in [0.2, 0.25) is 0 Å². The van der Waals surface area contributed by atoms with Gasteiger partial charge in [0.1, 0.15) is 54.9 Å². The Bertz CT molecular complexity index is 1320. The molecule has 7 N–H and O–H groups in total. The van der Waals surface area contributed by atoms with Crippen molar-refractivity contribution in [3.05, 3.63) is 48.6 Å². The zero-order valence-electron chi connectivity index (χ0n) is 42.8. The number of allylic oxidation sites excluding steroid dienone is 8. The third-order valence-corrected chi connectivity index (χ3v) is 12.8. The maximum absolute atomic E-state index is 13.0. The third kappa shape index (κ3) is 29.9. The lowest BCUT2D eigenvalue weighted by Gasteiger charge is -2.42. The Morgan fingerprint density at radius 3 is 1.45 bits per heavy atom. The molecule has 2 aliphatic rings. The molecule has 2 heterocycles. The summed E-state index contributed by atoms with van der Waals surface area (Å²) in [5.41, 5.74) is 0. The summed E-state index contributed by atoms with van der Waals surface area (Å²) in [5.74, 6) is -0.389. The van der Waals surface area contributed by atoms with Crippen LogP contribution in [0.25, 0.3) is 0 Å². The van der Waals surface area contributed by atoms with Gasteiger partial charge in [0, 0.05) is 13.0 Å². The predicted molar refractivity (Wildman–Crippen MR) is 270 cm³/mol. The molecule has 11 unspecified atom stereocenters. The van der Waals surface area contributed by atoms with Crippen molar-refractivity contribution in [2.75, 3.05) is 33.0 Å². The summed E-state index contributed by atoms with van der Waals surface area (Å²) in [6.07, 6.45) is 33.1. The van der Waals surface area contributed by atoms with E-state index in [0.717, 1.165) is 77.0 Å². The minimum atomic E-state index is -1.71. The monoisotopic (exact) mass is 983 g/mol. The summed E-state index contributed by atoms with van der Waals surface area (Å²) in [4.78, 5) is 13.0. The molecule has 0 aromatic heterocycles. The van der Waals surface area contributed by atoms with E-state index in [2.05, 4.69) is 62.5 Å². The van der Waals surface area contributed by atoms with Crippen LogP contribution in [0, 0.1) is 0 Å². The van der Waals surface area contributed by atoms with Crippen LogP contribution < -0.4 is 0 Å². The maximum Gasteiger partial charge on any atom is 0.306 e. The molecule has 0 spiro atoms. The van der Waals surface area contributed by atoms with Gasteiger partial charge >= 0.3 is 5.97 Å². The molecule has 0 amide bonds. The van der Waals surface area contributed by atoms with Crippen LogP contribution >= 0.6 is 0 Å². The SMILES string of the molecule is CCCCC/C=C\C/C=C\C/C=C\CCCCCCCCCOCC(COC1OC(COC2OC(CO)C(O)C(O)C2O)C(O)C(O)C1O)OC(=O)CCCCCCC/C=C\CCCCCCCC. The van der Waals surface area contributed by atoms with Crippen LogP contribution in [0.15, 0.2) is 48.6 Å². The standard InChI is InChI=1S/C55H98O14/c1-3-5-7-9-11-13-15-17-19-20-21-22-23-25-27-29-31-33-35-37-39-64-41-44(67-47(57)38-36-34-32-30-28-26-24-18-16-14-12-10-8-6-4-2)42-65-54-53(63)51(61)49(59)46(69-54)43-66-55-52(62)50(60)48(58)45(40-56)68-55/h11,13,17-19,21-22,24,44-46,48-56,58-63H,3-10,12,14-16,20,23,25-43H2,1-2H3/b13-11-,19-17-,22-21-,24-18-. The fourth-order valence-corrected chi connectivity index (χ4v) is 8.34. The van der Waals surface area contributed by atoms with Crippen LogP contribution in [-0.2, 0) is 33.2 Å². The van der Waals surface area contributed by atoms with Gasteiger partial charge in [-0.15, -0.1) is 0 Å². The number of aliphatic hydroxyl groups is 7. The van der Waals surface area contributed by atoms with Crippen molar-refractivity contribution in [2.45, 2.75) is 261 Å². The van der Waals surface area contributed by atoms with Crippen LogP contribution in [0.5, 0.6) is 0 Å². The van der Waals surface area contributed by atoms with Crippen molar-refractivity contribution >= 4 is 5.97 Å². The van der Waals surface area contributed by atoms with Crippen molar-refractivity contribution in [2.24, 2.45) is 0 Å². The summed E-state index contributed by atoms with van der Waals surface area (Å²) >= 11 is 0. The number of hydrogen-bond acceptors (Lipinski definition) is 14. The van der Waals surface area contributed by atoms with Gasteiger partial charge in [-0.25, -0.2) is 0 Å². The highest BCUT2D eigenvalue weighted by molar-refractivity contribution is 5.69. The first-order valence-corrected chi connectivity index (χ1v) is 27.2. The molecule has 0 bridgehead atoms. The molecule has 2 aliphatic heterocycles. The van der Waals surface area contributed by atoms with E-state index >= 15 is 0 Å². The maximum atomic E-state index is 13.0. The summed E-state index contributed by atoms with van der Waals surface area (Å²) < 4.78 is 34.3. The number of carbonyl (C=O) groups excluding carboxylic acids is 1. The van der Waals surface area contributed by atoms with E-state index in [9.17, 15) is 40.5 Å². The van der Waals surface area contributed by atoms with Gasteiger partial charge in [-0.3, -0.25) is 4.79 Å². The second-order valence-corrected chi connectivity index (χ2v) is 19.0. The Kier molecular flexibility index (Phi) is 38.8. The topological polar surface area (TPSA) is 214 Å². The number of hydrogen-bond donors (Lipinski definition) is 7. The minimum absolute atomic E-state index is 0.0508. The largest absolute Gasteiger partial charge is 0.457 e. The minimum Gasteiger partial charge on any atom is -0.457 e. The van der Waals surface area contributed by atoms with Crippen molar-refractivity contribution in [3.63, 3.8) is 0 Å². The van der Waals surface area contributed by atoms with E-state index in [-0.39, 0.29) is 25.6 Å². The van der Waals surface area contributed by atoms with E-state index < -0.39 is 80.7 Å². The molecule has 0 aliphatic carbocycles. The van der Waals surface area contributed by atoms with E-state index in [1.807, 2.05) is 0 Å². The third-order valence-electron chi connectivity index (χ3n) is 12.8. The Labute approximate surface area is 416 Å². The Morgan fingerprint density at radius 2 is 0.899 bits per heavy atom. The van der Waals surface area contributed by atoms with E-state index in [4.69, 9.17) is 28.4 Å². The van der Waals surface area contributed by atoms with Gasteiger partial charge in [-0.2, -0.15) is 0 Å². The van der Waals surface area contributed by atoms with Crippen LogP contribution in [0.2, 0.25) is 0 Å². The zero-order valence-corrected chi connectivity index (χ0v) is 42.8. The molecule has 14 nitrogen and oxygen atoms in total. The summed E-state index contributed by atoms with van der Waals surface area (Å²) in [7, 11) is 0. The Hall–Kier alpha value is -2.05. The van der Waals surface area contributed by atoms with Gasteiger partial charge in [0.15, 0.2) is 12.6 Å². The van der Waals surface area contributed by atoms with Gasteiger partial charge in [0.25, 0.3) is 0 Å². The highest BCUT2D eigenvalue weighted by Crippen LogP contribution is 2.26. The van der Waals surface area contributed by atoms with Gasteiger partial charge in [-0.1, -0.05) is 159 Å². The lowest BCUT2D eigenvalue weighted by molar-refractivity contribution is -0.332. The quantitative estimate of drug-likeness (QED) is 0.0173. The molecule has 69 heavy (non-hydrogen) atoms. The summed E-state index contributed by atoms with van der Waals surface area (Å²) in [6.45, 7) is 3.62. The van der Waals surface area contributed by atoms with Crippen molar-refractivity contribution < 1.29 is 69.0 Å².